The van der Waals surface area contributed by atoms with Gasteiger partial charge in [0.05, 0.1) is 40.2 Å². The van der Waals surface area contributed by atoms with Crippen molar-refractivity contribution in [2.45, 2.75) is 32.8 Å². The van der Waals surface area contributed by atoms with Gasteiger partial charge in [0.15, 0.2) is 0 Å². The molecule has 1 heterocycles. The number of carbonyl (C=O) groups is 3. The van der Waals surface area contributed by atoms with Crippen LogP contribution in [0, 0.1) is 12.3 Å². The number of fused-ring (bicyclic) bond motifs is 1. The van der Waals surface area contributed by atoms with E-state index >= 15 is 0 Å². The van der Waals surface area contributed by atoms with Crippen molar-refractivity contribution >= 4 is 34.5 Å². The number of esters is 2. The SMILES string of the molecule is [2H]C([2H])(C#C)N(/C=C/C(=O)OC)CCc1c(C(=C)C(=O)OC)n(C(=O)OC(C)(C)C)c2ccccc12. The van der Waals surface area contributed by atoms with Gasteiger partial charge in [-0.15, -0.1) is 6.42 Å². The molecule has 34 heavy (non-hydrogen) atoms. The van der Waals surface area contributed by atoms with Gasteiger partial charge in [0, 0.05) is 24.2 Å². The van der Waals surface area contributed by atoms with Crippen molar-refractivity contribution in [3.63, 3.8) is 0 Å². The van der Waals surface area contributed by atoms with Gasteiger partial charge in [-0.2, -0.15) is 0 Å². The summed E-state index contributed by atoms with van der Waals surface area (Å²) in [5, 5.41) is 0.626. The fraction of sp³-hybridized carbons (Fsp3) is 0.346. The quantitative estimate of drug-likeness (QED) is 0.252. The Morgan fingerprint density at radius 3 is 2.50 bits per heavy atom. The first kappa shape index (κ1) is 23.2. The number of methoxy groups -OCH3 is 2. The summed E-state index contributed by atoms with van der Waals surface area (Å²) in [4.78, 5) is 38.5. The number of terminal acetylenes is 1. The van der Waals surface area contributed by atoms with Crippen LogP contribution in [0.25, 0.3) is 16.5 Å². The maximum Gasteiger partial charge on any atom is 0.419 e. The number of para-hydroxylation sites is 1. The standard InChI is InChI=1S/C26H30N2O6/c1-8-15-27(17-14-22(29)32-6)16-13-20-19-11-9-10-12-21(19)28(25(31)34-26(3,4)5)23(20)18(2)24(30)33-7/h1,9-12,14,17H,2,13,15-16H2,3-7H3/b17-14+/i15D2. The van der Waals surface area contributed by atoms with Gasteiger partial charge in [-0.1, -0.05) is 30.7 Å². The zero-order valence-corrected chi connectivity index (χ0v) is 20.0. The predicted molar refractivity (Wildman–Crippen MR) is 130 cm³/mol. The van der Waals surface area contributed by atoms with Crippen LogP contribution in [-0.2, 0) is 30.2 Å². The molecule has 0 radical (unpaired) electrons. The van der Waals surface area contributed by atoms with Crippen LogP contribution in [0.2, 0.25) is 0 Å². The highest BCUT2D eigenvalue weighted by Gasteiger charge is 2.29. The molecule has 0 aliphatic rings. The molecule has 0 aliphatic carbocycles. The van der Waals surface area contributed by atoms with Gasteiger partial charge in [-0.25, -0.2) is 19.0 Å². The van der Waals surface area contributed by atoms with Gasteiger partial charge in [0.2, 0.25) is 0 Å². The van der Waals surface area contributed by atoms with E-state index in [1.807, 2.05) is 0 Å². The lowest BCUT2D eigenvalue weighted by atomic mass is 10.0. The van der Waals surface area contributed by atoms with Gasteiger partial charge in [0.1, 0.15) is 5.60 Å². The molecule has 180 valence electrons. The predicted octanol–water partition coefficient (Wildman–Crippen LogP) is 3.78. The molecule has 0 aliphatic heterocycles. The largest absolute Gasteiger partial charge is 0.466 e. The van der Waals surface area contributed by atoms with Crippen LogP contribution in [0.15, 0.2) is 43.1 Å². The number of hydrogen-bond donors (Lipinski definition) is 0. The van der Waals surface area contributed by atoms with E-state index in [0.29, 0.717) is 16.5 Å². The minimum Gasteiger partial charge on any atom is -0.466 e. The fourth-order valence-corrected chi connectivity index (χ4v) is 3.30. The van der Waals surface area contributed by atoms with E-state index in [0.717, 1.165) is 11.0 Å². The lowest BCUT2D eigenvalue weighted by Gasteiger charge is -2.21. The molecule has 2 aromatic rings. The van der Waals surface area contributed by atoms with Crippen molar-refractivity contribution < 1.29 is 31.3 Å². The lowest BCUT2D eigenvalue weighted by Crippen LogP contribution is -2.28. The summed E-state index contributed by atoms with van der Waals surface area (Å²) < 4.78 is 32.6. The van der Waals surface area contributed by atoms with Crippen LogP contribution in [0.5, 0.6) is 0 Å². The highest BCUT2D eigenvalue weighted by atomic mass is 16.6. The summed E-state index contributed by atoms with van der Waals surface area (Å²) >= 11 is 0. The van der Waals surface area contributed by atoms with E-state index in [9.17, 15) is 14.4 Å². The Balaban J connectivity index is 2.70. The number of hydrogen-bond acceptors (Lipinski definition) is 7. The molecule has 0 unspecified atom stereocenters. The molecular weight excluding hydrogens is 436 g/mol. The smallest absolute Gasteiger partial charge is 0.419 e. The Morgan fingerprint density at radius 1 is 1.24 bits per heavy atom. The molecular formula is C26H30N2O6. The summed E-state index contributed by atoms with van der Waals surface area (Å²) in [6, 6.07) is 6.97. The molecule has 0 saturated heterocycles. The molecule has 0 amide bonds. The van der Waals surface area contributed by atoms with E-state index in [1.165, 1.54) is 25.0 Å². The first-order valence-electron chi connectivity index (χ1n) is 11.4. The van der Waals surface area contributed by atoms with Gasteiger partial charge in [0.25, 0.3) is 0 Å². The third kappa shape index (κ3) is 6.29. The summed E-state index contributed by atoms with van der Waals surface area (Å²) in [5.41, 5.74) is 0.279. The average Bonchev–Trinajstić information content (AvgIpc) is 3.15. The number of benzene rings is 1. The van der Waals surface area contributed by atoms with E-state index < -0.39 is 30.1 Å². The third-order valence-corrected chi connectivity index (χ3v) is 4.68. The summed E-state index contributed by atoms with van der Waals surface area (Å²) in [6.45, 7) is 6.76. The fourth-order valence-electron chi connectivity index (χ4n) is 3.30. The van der Waals surface area contributed by atoms with Gasteiger partial charge < -0.3 is 19.1 Å². The summed E-state index contributed by atoms with van der Waals surface area (Å²) in [5.74, 6) is 0.624. The van der Waals surface area contributed by atoms with Crippen LogP contribution in [0.1, 0.15) is 34.8 Å². The average molecular weight is 469 g/mol. The molecule has 0 spiro atoms. The molecule has 1 aromatic heterocycles. The zero-order chi connectivity index (χ0) is 27.3. The first-order chi connectivity index (χ1) is 16.8. The van der Waals surface area contributed by atoms with Crippen LogP contribution >= 0.6 is 0 Å². The Morgan fingerprint density at radius 2 is 1.91 bits per heavy atom. The third-order valence-electron chi connectivity index (χ3n) is 4.68. The molecule has 0 fully saturated rings. The first-order valence-corrected chi connectivity index (χ1v) is 10.4. The van der Waals surface area contributed by atoms with E-state index in [1.54, 1.807) is 45.0 Å². The van der Waals surface area contributed by atoms with E-state index in [2.05, 4.69) is 17.2 Å². The lowest BCUT2D eigenvalue weighted by molar-refractivity contribution is -0.135. The summed E-state index contributed by atoms with van der Waals surface area (Å²) in [6.07, 6.45) is 7.04. The minimum atomic E-state index is -2.24. The van der Waals surface area contributed by atoms with Crippen molar-refractivity contribution in [2.75, 3.05) is 27.3 Å². The second-order valence-electron chi connectivity index (χ2n) is 8.17. The van der Waals surface area contributed by atoms with Gasteiger partial charge >= 0.3 is 18.0 Å². The van der Waals surface area contributed by atoms with Crippen molar-refractivity contribution in [1.82, 2.24) is 9.47 Å². The molecule has 0 N–H and O–H groups in total. The summed E-state index contributed by atoms with van der Waals surface area (Å²) in [7, 11) is 2.40. The highest BCUT2D eigenvalue weighted by molar-refractivity contribution is 6.18. The zero-order valence-electron chi connectivity index (χ0n) is 22.0. The van der Waals surface area contributed by atoms with Crippen LogP contribution in [0.4, 0.5) is 4.79 Å². The normalized spacial score (nSPS) is 12.5. The maximum absolute atomic E-state index is 13.3. The van der Waals surface area contributed by atoms with Gasteiger partial charge in [-0.3, -0.25) is 0 Å². The maximum atomic E-state index is 13.3. The van der Waals surface area contributed by atoms with E-state index in [-0.39, 0.29) is 24.2 Å². The second kappa shape index (κ2) is 11.2. The molecule has 8 nitrogen and oxygen atoms in total. The number of ether oxygens (including phenoxy) is 3. The van der Waals surface area contributed by atoms with Crippen molar-refractivity contribution in [3.05, 3.63) is 54.4 Å². The molecule has 0 atom stereocenters. The van der Waals surface area contributed by atoms with Crippen LogP contribution in [-0.4, -0.2) is 60.4 Å². The molecule has 0 bridgehead atoms. The number of nitrogens with zero attached hydrogens (tertiary/aromatic N) is 2. The Bertz CT molecular complexity index is 1250. The van der Waals surface area contributed by atoms with Crippen molar-refractivity contribution in [3.8, 4) is 12.3 Å². The Labute approximate surface area is 202 Å². The molecule has 2 rings (SSSR count). The second-order valence-corrected chi connectivity index (χ2v) is 8.17. The number of carbonyl (C=O) groups excluding carboxylic acids is 3. The van der Waals surface area contributed by atoms with Gasteiger partial charge in [-0.05, 0) is 38.8 Å². The molecule has 1 aromatic carbocycles. The van der Waals surface area contributed by atoms with Crippen LogP contribution < -0.4 is 0 Å². The monoisotopic (exact) mass is 468 g/mol. The number of aromatic nitrogens is 1. The van der Waals surface area contributed by atoms with Crippen molar-refractivity contribution in [1.29, 1.82) is 0 Å². The number of rotatable bonds is 8. The topological polar surface area (TPSA) is 87.1 Å². The van der Waals surface area contributed by atoms with Crippen molar-refractivity contribution in [2.24, 2.45) is 0 Å². The highest BCUT2D eigenvalue weighted by Crippen LogP contribution is 2.32. The Hall–Kier alpha value is -3.99. The van der Waals surface area contributed by atoms with Crippen LogP contribution in [0.3, 0.4) is 0 Å². The molecule has 0 saturated carbocycles. The van der Waals surface area contributed by atoms with E-state index in [4.69, 9.17) is 18.6 Å². The Kier molecular flexibility index (Phi) is 7.66. The molecule has 8 heteroatoms. The minimum absolute atomic E-state index is 0.0194.